The van der Waals surface area contributed by atoms with Crippen LogP contribution in [-0.4, -0.2) is 52.5 Å². The lowest BCUT2D eigenvalue weighted by molar-refractivity contribution is -0.144. The molecule has 36 heavy (non-hydrogen) atoms. The van der Waals surface area contributed by atoms with Crippen LogP contribution in [0.25, 0.3) is 0 Å². The van der Waals surface area contributed by atoms with Crippen molar-refractivity contribution < 1.29 is 19.1 Å². The minimum atomic E-state index is -1.08. The highest BCUT2D eigenvalue weighted by Crippen LogP contribution is 2.56. The minimum absolute atomic E-state index is 0.0135. The normalized spacial score (nSPS) is 34.1. The quantitative estimate of drug-likeness (QED) is 0.529. The largest absolute Gasteiger partial charge is 0.359 e. The molecule has 0 radical (unpaired) electrons. The molecule has 2 N–H and O–H groups in total. The SMILES string of the molecule is O=C(Nc1ccc(Br)cc1)[C@@H]1[C@H]2C=C[C@@]3(O2)[C@H]1C(=O)N(C1CCCCC1)[C@@H]3C(=O)NC1CCCCC1. The second-order valence-corrected chi connectivity index (χ2v) is 12.0. The fraction of sp³-hybridized carbons (Fsp3) is 0.607. The molecule has 3 heterocycles. The molecular formula is C28H34BrN3O4. The molecule has 6 rings (SSSR count). The van der Waals surface area contributed by atoms with Crippen LogP contribution in [0.15, 0.2) is 40.9 Å². The number of anilines is 1. The highest BCUT2D eigenvalue weighted by Gasteiger charge is 2.73. The lowest BCUT2D eigenvalue weighted by atomic mass is 9.74. The van der Waals surface area contributed by atoms with Gasteiger partial charge < -0.3 is 20.3 Å². The Labute approximate surface area is 220 Å². The first kappa shape index (κ1) is 24.2. The molecule has 7 nitrogen and oxygen atoms in total. The number of hydrogen-bond donors (Lipinski definition) is 2. The smallest absolute Gasteiger partial charge is 0.246 e. The molecule has 2 saturated heterocycles. The number of benzene rings is 1. The van der Waals surface area contributed by atoms with Crippen LogP contribution in [-0.2, 0) is 19.1 Å². The van der Waals surface area contributed by atoms with Gasteiger partial charge in [0.15, 0.2) is 0 Å². The molecule has 0 unspecified atom stereocenters. The van der Waals surface area contributed by atoms with E-state index in [-0.39, 0.29) is 29.8 Å². The number of ether oxygens (including phenoxy) is 1. The van der Waals surface area contributed by atoms with Crippen LogP contribution < -0.4 is 10.6 Å². The first-order valence-electron chi connectivity index (χ1n) is 13.5. The molecule has 2 saturated carbocycles. The maximum atomic E-state index is 14.1. The Kier molecular flexibility index (Phi) is 6.44. The molecule has 1 aromatic carbocycles. The van der Waals surface area contributed by atoms with E-state index in [1.165, 1.54) is 6.42 Å². The number of carbonyl (C=O) groups excluding carboxylic acids is 3. The topological polar surface area (TPSA) is 87.7 Å². The van der Waals surface area contributed by atoms with E-state index in [2.05, 4.69) is 26.6 Å². The molecule has 1 spiro atoms. The summed E-state index contributed by atoms with van der Waals surface area (Å²) in [6.07, 6.45) is 13.7. The van der Waals surface area contributed by atoms with E-state index in [0.717, 1.165) is 62.3 Å². The van der Waals surface area contributed by atoms with E-state index in [1.807, 2.05) is 41.3 Å². The Balaban J connectivity index is 1.31. The zero-order valence-electron chi connectivity index (χ0n) is 20.5. The summed E-state index contributed by atoms with van der Waals surface area (Å²) >= 11 is 3.42. The van der Waals surface area contributed by atoms with Crippen molar-refractivity contribution in [2.75, 3.05) is 5.32 Å². The molecule has 5 atom stereocenters. The summed E-state index contributed by atoms with van der Waals surface area (Å²) in [4.78, 5) is 43.4. The summed E-state index contributed by atoms with van der Waals surface area (Å²) < 4.78 is 7.41. The van der Waals surface area contributed by atoms with E-state index in [0.29, 0.717) is 5.69 Å². The van der Waals surface area contributed by atoms with Crippen LogP contribution in [0.2, 0.25) is 0 Å². The molecule has 192 valence electrons. The van der Waals surface area contributed by atoms with Gasteiger partial charge in [-0.1, -0.05) is 66.6 Å². The Hall–Kier alpha value is -2.19. The summed E-state index contributed by atoms with van der Waals surface area (Å²) in [7, 11) is 0. The third kappa shape index (κ3) is 4.01. The molecule has 2 aliphatic carbocycles. The van der Waals surface area contributed by atoms with Crippen LogP contribution in [0, 0.1) is 11.8 Å². The second kappa shape index (κ2) is 9.60. The van der Waals surface area contributed by atoms with Crippen LogP contribution in [0.5, 0.6) is 0 Å². The van der Waals surface area contributed by atoms with Crippen LogP contribution in [0.3, 0.4) is 0 Å². The van der Waals surface area contributed by atoms with Gasteiger partial charge in [-0.05, 0) is 49.9 Å². The van der Waals surface area contributed by atoms with Gasteiger partial charge >= 0.3 is 0 Å². The molecule has 8 heteroatoms. The molecule has 5 aliphatic rings. The van der Waals surface area contributed by atoms with Gasteiger partial charge in [-0.3, -0.25) is 14.4 Å². The number of nitrogens with zero attached hydrogens (tertiary/aromatic N) is 1. The van der Waals surface area contributed by atoms with Crippen molar-refractivity contribution in [3.8, 4) is 0 Å². The molecular weight excluding hydrogens is 522 g/mol. The lowest BCUT2D eigenvalue weighted by Crippen LogP contribution is -2.58. The molecule has 3 amide bonds. The molecule has 2 bridgehead atoms. The summed E-state index contributed by atoms with van der Waals surface area (Å²) in [5.74, 6) is -1.81. The van der Waals surface area contributed by atoms with Crippen molar-refractivity contribution in [2.45, 2.75) is 94.0 Å². The molecule has 0 aromatic heterocycles. The van der Waals surface area contributed by atoms with Crippen LogP contribution >= 0.6 is 15.9 Å². The number of amides is 3. The molecule has 3 aliphatic heterocycles. The fourth-order valence-electron chi connectivity index (χ4n) is 7.24. The van der Waals surface area contributed by atoms with Gasteiger partial charge in [0.1, 0.15) is 11.6 Å². The minimum Gasteiger partial charge on any atom is -0.359 e. The van der Waals surface area contributed by atoms with Crippen LogP contribution in [0.4, 0.5) is 5.69 Å². The van der Waals surface area contributed by atoms with Gasteiger partial charge in [0.2, 0.25) is 17.7 Å². The summed E-state index contributed by atoms with van der Waals surface area (Å²) in [5, 5.41) is 6.26. The third-order valence-corrected chi connectivity index (χ3v) is 9.42. The standard InChI is InChI=1S/C28H34BrN3O4/c29-17-11-13-19(14-12-17)30-25(33)22-21-15-16-28(36-21)23(22)27(35)32(20-9-5-2-6-10-20)24(28)26(34)31-18-7-3-1-4-8-18/h11-16,18,20-24H,1-10H2,(H,30,33)(H,31,34)/t21-,22-,23-,24-,28-/m1/s1. The summed E-state index contributed by atoms with van der Waals surface area (Å²) in [6, 6.07) is 6.81. The zero-order chi connectivity index (χ0) is 24.9. The molecule has 1 aromatic rings. The van der Waals surface area contributed by atoms with Crippen molar-refractivity contribution in [1.82, 2.24) is 10.2 Å². The van der Waals surface area contributed by atoms with Crippen molar-refractivity contribution in [1.29, 1.82) is 0 Å². The average molecular weight is 557 g/mol. The van der Waals surface area contributed by atoms with Gasteiger partial charge in [0, 0.05) is 22.2 Å². The maximum Gasteiger partial charge on any atom is 0.246 e. The number of nitrogens with one attached hydrogen (secondary N) is 2. The number of fused-ring (bicyclic) bond motifs is 1. The van der Waals surface area contributed by atoms with Gasteiger partial charge in [-0.2, -0.15) is 0 Å². The number of hydrogen-bond acceptors (Lipinski definition) is 4. The predicted octanol–water partition coefficient (Wildman–Crippen LogP) is 4.32. The Morgan fingerprint density at radius 1 is 0.944 bits per heavy atom. The van der Waals surface area contributed by atoms with E-state index < -0.39 is 29.6 Å². The van der Waals surface area contributed by atoms with Crippen molar-refractivity contribution in [3.05, 3.63) is 40.9 Å². The van der Waals surface area contributed by atoms with Crippen molar-refractivity contribution in [3.63, 3.8) is 0 Å². The number of halogens is 1. The van der Waals surface area contributed by atoms with Gasteiger partial charge in [0.05, 0.1) is 17.9 Å². The highest BCUT2D eigenvalue weighted by molar-refractivity contribution is 9.10. The Morgan fingerprint density at radius 3 is 2.31 bits per heavy atom. The summed E-state index contributed by atoms with van der Waals surface area (Å²) in [5.41, 5.74) is -0.412. The first-order chi connectivity index (χ1) is 17.5. The molecule has 4 fully saturated rings. The van der Waals surface area contributed by atoms with E-state index in [4.69, 9.17) is 4.74 Å². The van der Waals surface area contributed by atoms with E-state index >= 15 is 0 Å². The monoisotopic (exact) mass is 555 g/mol. The van der Waals surface area contributed by atoms with E-state index in [9.17, 15) is 14.4 Å². The van der Waals surface area contributed by atoms with Crippen LogP contribution in [0.1, 0.15) is 64.2 Å². The Morgan fingerprint density at radius 2 is 1.61 bits per heavy atom. The highest BCUT2D eigenvalue weighted by atomic mass is 79.9. The average Bonchev–Trinajstić information content (AvgIpc) is 3.54. The first-order valence-corrected chi connectivity index (χ1v) is 14.3. The number of carbonyl (C=O) groups is 3. The van der Waals surface area contributed by atoms with Gasteiger partial charge in [-0.15, -0.1) is 0 Å². The van der Waals surface area contributed by atoms with Gasteiger partial charge in [-0.25, -0.2) is 0 Å². The van der Waals surface area contributed by atoms with Crippen molar-refractivity contribution >= 4 is 39.3 Å². The second-order valence-electron chi connectivity index (χ2n) is 11.1. The maximum absolute atomic E-state index is 14.1. The fourth-order valence-corrected chi connectivity index (χ4v) is 7.51. The van der Waals surface area contributed by atoms with Crippen molar-refractivity contribution in [2.24, 2.45) is 11.8 Å². The predicted molar refractivity (Wildman–Crippen MR) is 139 cm³/mol. The number of likely N-dealkylation sites (tertiary alicyclic amines) is 1. The van der Waals surface area contributed by atoms with Gasteiger partial charge in [0.25, 0.3) is 0 Å². The lowest BCUT2D eigenvalue weighted by Gasteiger charge is -2.39. The zero-order valence-corrected chi connectivity index (χ0v) is 22.0. The third-order valence-electron chi connectivity index (χ3n) is 8.89. The summed E-state index contributed by atoms with van der Waals surface area (Å²) in [6.45, 7) is 0. The Bertz CT molecular complexity index is 1060. The number of rotatable bonds is 5. The van der Waals surface area contributed by atoms with E-state index in [1.54, 1.807) is 0 Å².